The molecule has 1 aromatic carbocycles. The van der Waals surface area contributed by atoms with E-state index in [4.69, 9.17) is 15.5 Å². The maximum Gasteiger partial charge on any atom is 0.296 e. The highest BCUT2D eigenvalue weighted by molar-refractivity contribution is 5.78. The standard InChI is InChI=1S/C26H34F2N10O/c1-35(2)11-6-12-36(3)20-9-10-26(29,17-30-20)23-32-24(37-13-15-39-16-14-37)34-25(33-23)38-19-8-5-4-7-18(19)31-22(38)21(27)28/h4-5,7-9,17,21H,6,10-16,29H2,1-3H3. The van der Waals surface area contributed by atoms with Crippen LogP contribution >= 0.6 is 0 Å². The van der Waals surface area contributed by atoms with E-state index in [1.54, 1.807) is 30.5 Å². The Morgan fingerprint density at radius 3 is 2.46 bits per heavy atom. The van der Waals surface area contributed by atoms with Gasteiger partial charge in [-0.2, -0.15) is 15.0 Å². The van der Waals surface area contributed by atoms with Crippen molar-refractivity contribution in [1.29, 1.82) is 0 Å². The third-order valence-electron chi connectivity index (χ3n) is 6.84. The molecular weight excluding hydrogens is 506 g/mol. The van der Waals surface area contributed by atoms with E-state index in [0.29, 0.717) is 49.7 Å². The summed E-state index contributed by atoms with van der Waals surface area (Å²) in [5.74, 6) is 1.02. The van der Waals surface area contributed by atoms with Crippen LogP contribution in [-0.2, 0) is 10.3 Å². The first-order valence-electron chi connectivity index (χ1n) is 13.0. The molecule has 5 rings (SSSR count). The Bertz CT molecular complexity index is 1370. The summed E-state index contributed by atoms with van der Waals surface area (Å²) in [5.41, 5.74) is 6.58. The second-order valence-corrected chi connectivity index (χ2v) is 10.1. The number of ether oxygens (including phenoxy) is 1. The van der Waals surface area contributed by atoms with Gasteiger partial charge in [0.1, 0.15) is 11.4 Å². The Morgan fingerprint density at radius 2 is 1.77 bits per heavy atom. The lowest BCUT2D eigenvalue weighted by Crippen LogP contribution is -2.44. The van der Waals surface area contributed by atoms with Crippen LogP contribution < -0.4 is 10.6 Å². The number of rotatable bonds is 9. The van der Waals surface area contributed by atoms with Crippen LogP contribution in [0.4, 0.5) is 14.7 Å². The second-order valence-electron chi connectivity index (χ2n) is 10.1. The summed E-state index contributed by atoms with van der Waals surface area (Å²) < 4.78 is 35.1. The minimum atomic E-state index is -2.83. The zero-order valence-corrected chi connectivity index (χ0v) is 22.5. The number of fused-ring (bicyclic) bond motifs is 1. The number of aromatic nitrogens is 5. The number of anilines is 1. The molecule has 2 N–H and O–H groups in total. The van der Waals surface area contributed by atoms with Crippen LogP contribution in [-0.4, -0.2) is 101 Å². The van der Waals surface area contributed by atoms with Gasteiger partial charge in [-0.05, 0) is 51.7 Å². The molecule has 0 bridgehead atoms. The molecule has 0 saturated carbocycles. The predicted molar refractivity (Wildman–Crippen MR) is 145 cm³/mol. The second kappa shape index (κ2) is 11.3. The van der Waals surface area contributed by atoms with Crippen LogP contribution in [0.15, 0.2) is 41.2 Å². The third kappa shape index (κ3) is 5.75. The number of para-hydroxylation sites is 2. The molecule has 0 spiro atoms. The number of benzene rings is 1. The molecule has 1 fully saturated rings. The monoisotopic (exact) mass is 540 g/mol. The van der Waals surface area contributed by atoms with Gasteiger partial charge in [-0.1, -0.05) is 12.1 Å². The van der Waals surface area contributed by atoms with Crippen molar-refractivity contribution in [2.45, 2.75) is 24.8 Å². The molecule has 2 aliphatic rings. The van der Waals surface area contributed by atoms with Gasteiger partial charge in [0.2, 0.25) is 11.9 Å². The fraction of sp³-hybridized carbons (Fsp3) is 0.500. The number of halogens is 2. The molecule has 2 aliphatic heterocycles. The van der Waals surface area contributed by atoms with Gasteiger partial charge in [-0.15, -0.1) is 0 Å². The van der Waals surface area contributed by atoms with Gasteiger partial charge in [-0.25, -0.2) is 18.8 Å². The Morgan fingerprint density at radius 1 is 1.03 bits per heavy atom. The molecule has 1 unspecified atom stereocenters. The van der Waals surface area contributed by atoms with Crippen molar-refractivity contribution in [1.82, 2.24) is 34.3 Å². The molecule has 2 aromatic heterocycles. The highest BCUT2D eigenvalue weighted by Gasteiger charge is 2.34. The molecular formula is C26H34F2N10O. The molecule has 13 heteroatoms. The van der Waals surface area contributed by atoms with Crippen molar-refractivity contribution in [2.75, 3.05) is 65.4 Å². The van der Waals surface area contributed by atoms with E-state index >= 15 is 0 Å². The maximum absolute atomic E-state index is 14.1. The number of nitrogens with two attached hydrogens (primary N) is 1. The van der Waals surface area contributed by atoms with Crippen LogP contribution in [0, 0.1) is 0 Å². The topological polar surface area (TPSA) is 114 Å². The minimum absolute atomic E-state index is 0.0410. The van der Waals surface area contributed by atoms with Gasteiger partial charge in [0.15, 0.2) is 11.6 Å². The highest BCUT2D eigenvalue weighted by atomic mass is 19.3. The normalized spacial score (nSPS) is 19.8. The van der Waals surface area contributed by atoms with Crippen LogP contribution in [0.2, 0.25) is 0 Å². The van der Waals surface area contributed by atoms with Gasteiger partial charge in [0, 0.05) is 32.9 Å². The molecule has 11 nitrogen and oxygen atoms in total. The Labute approximate surface area is 226 Å². The van der Waals surface area contributed by atoms with E-state index in [-0.39, 0.29) is 11.8 Å². The zero-order chi connectivity index (χ0) is 27.6. The van der Waals surface area contributed by atoms with Gasteiger partial charge in [0.25, 0.3) is 6.43 Å². The summed E-state index contributed by atoms with van der Waals surface area (Å²) >= 11 is 0. The van der Waals surface area contributed by atoms with Crippen molar-refractivity contribution in [2.24, 2.45) is 10.7 Å². The molecule has 39 heavy (non-hydrogen) atoms. The molecule has 0 amide bonds. The van der Waals surface area contributed by atoms with Gasteiger partial charge in [0.05, 0.1) is 24.2 Å². The molecule has 208 valence electrons. The number of morpholine rings is 1. The van der Waals surface area contributed by atoms with Crippen LogP contribution in [0.3, 0.4) is 0 Å². The number of hydrogen-bond acceptors (Lipinski definition) is 10. The van der Waals surface area contributed by atoms with Gasteiger partial charge < -0.3 is 25.2 Å². The van der Waals surface area contributed by atoms with Gasteiger partial charge >= 0.3 is 0 Å². The summed E-state index contributed by atoms with van der Waals surface area (Å²) in [6.07, 6.45) is 2.16. The number of hydrogen-bond donors (Lipinski definition) is 1. The number of alkyl halides is 2. The maximum atomic E-state index is 14.1. The summed E-state index contributed by atoms with van der Waals surface area (Å²) in [4.78, 5) is 29.0. The molecule has 3 aromatic rings. The number of nitrogens with zero attached hydrogens (tertiary/aromatic N) is 9. The average Bonchev–Trinajstić information content (AvgIpc) is 3.34. The number of aliphatic imine (C=N–C) groups is 1. The van der Waals surface area contributed by atoms with E-state index in [1.165, 1.54) is 4.57 Å². The fourth-order valence-electron chi connectivity index (χ4n) is 4.66. The Hall–Kier alpha value is -3.55. The van der Waals surface area contributed by atoms with Crippen molar-refractivity contribution in [3.63, 3.8) is 0 Å². The van der Waals surface area contributed by atoms with Crippen LogP contribution in [0.1, 0.15) is 30.9 Å². The van der Waals surface area contributed by atoms with E-state index in [2.05, 4.69) is 29.7 Å². The van der Waals surface area contributed by atoms with Crippen LogP contribution in [0.25, 0.3) is 17.0 Å². The first-order chi connectivity index (χ1) is 18.7. The van der Waals surface area contributed by atoms with E-state index in [9.17, 15) is 8.78 Å². The predicted octanol–water partition coefficient (Wildman–Crippen LogP) is 2.34. The number of imidazole rings is 1. The molecule has 0 aliphatic carbocycles. The van der Waals surface area contributed by atoms with Gasteiger partial charge in [-0.3, -0.25) is 4.57 Å². The smallest absolute Gasteiger partial charge is 0.296 e. The largest absolute Gasteiger partial charge is 0.378 e. The molecule has 1 saturated heterocycles. The average molecular weight is 541 g/mol. The Balaban J connectivity index is 1.53. The summed E-state index contributed by atoms with van der Waals surface area (Å²) in [5, 5.41) is 0. The van der Waals surface area contributed by atoms with E-state index < -0.39 is 17.8 Å². The minimum Gasteiger partial charge on any atom is -0.378 e. The highest BCUT2D eigenvalue weighted by Crippen LogP contribution is 2.30. The fourth-order valence-corrected chi connectivity index (χ4v) is 4.66. The first-order valence-corrected chi connectivity index (χ1v) is 13.0. The summed E-state index contributed by atoms with van der Waals surface area (Å²) in [7, 11) is 6.09. The van der Waals surface area contributed by atoms with Crippen molar-refractivity contribution in [3.05, 3.63) is 47.8 Å². The quantitative estimate of drug-likeness (QED) is 0.437. The van der Waals surface area contributed by atoms with Crippen molar-refractivity contribution >= 4 is 23.2 Å². The van der Waals surface area contributed by atoms with E-state index in [0.717, 1.165) is 25.3 Å². The van der Waals surface area contributed by atoms with Crippen LogP contribution in [0.5, 0.6) is 0 Å². The summed E-state index contributed by atoms with van der Waals surface area (Å²) in [6.45, 7) is 3.96. The van der Waals surface area contributed by atoms with E-state index in [1.807, 2.05) is 32.1 Å². The first kappa shape index (κ1) is 27.0. The molecule has 4 heterocycles. The zero-order valence-electron chi connectivity index (χ0n) is 22.5. The lowest BCUT2D eigenvalue weighted by Gasteiger charge is -2.31. The SMILES string of the molecule is CN(C)CCCN(C)C1=CCC(N)(c2nc(N3CCOCC3)nc(-n3c(C(F)F)nc4ccccc43)n2)C=N1. The van der Waals surface area contributed by atoms with Crippen molar-refractivity contribution in [3.8, 4) is 5.95 Å². The summed E-state index contributed by atoms with van der Waals surface area (Å²) in [6, 6.07) is 6.91. The Kier molecular flexibility index (Phi) is 7.82. The molecule has 0 radical (unpaired) electrons. The third-order valence-corrected chi connectivity index (χ3v) is 6.84. The lowest BCUT2D eigenvalue weighted by atomic mass is 9.95. The van der Waals surface area contributed by atoms with Crippen molar-refractivity contribution < 1.29 is 13.5 Å². The lowest BCUT2D eigenvalue weighted by molar-refractivity contribution is 0.122. The molecule has 1 atom stereocenters.